The number of hydrogen-bond acceptors (Lipinski definition) is 5. The topological polar surface area (TPSA) is 72.8 Å². The molecule has 1 atom stereocenters. The van der Waals surface area contributed by atoms with Crippen LogP contribution in [0.3, 0.4) is 0 Å². The molecule has 0 spiro atoms. The molecule has 0 aromatic carbocycles. The standard InChI is InChI=1S/C46H90O5/c1-4-5-6-7-8-9-10-11-12-13-14-15-18-21-24-27-30-33-36-39-45(48)50-42-44(41-47)51-46(49)40-37-34-31-28-25-22-19-16-17-20-23-26-29-32-35-38-43(2)3/h43-44,47H,4-42H2,1-3H3/t44-/m0/s1. The molecule has 5 heteroatoms. The van der Waals surface area contributed by atoms with Gasteiger partial charge in [0.05, 0.1) is 6.61 Å². The molecule has 0 aromatic rings. The zero-order chi connectivity index (χ0) is 37.3. The van der Waals surface area contributed by atoms with Crippen molar-refractivity contribution >= 4 is 11.9 Å². The predicted octanol–water partition coefficient (Wildman–Crippen LogP) is 14.5. The number of aliphatic hydroxyl groups excluding tert-OH is 1. The molecule has 1 N–H and O–H groups in total. The Hall–Kier alpha value is -1.10. The summed E-state index contributed by atoms with van der Waals surface area (Å²) in [7, 11) is 0. The van der Waals surface area contributed by atoms with Crippen LogP contribution in [-0.2, 0) is 19.1 Å². The summed E-state index contributed by atoms with van der Waals surface area (Å²) >= 11 is 0. The molecule has 0 bridgehead atoms. The van der Waals surface area contributed by atoms with Gasteiger partial charge in [-0.25, -0.2) is 0 Å². The highest BCUT2D eigenvalue weighted by atomic mass is 16.6. The lowest BCUT2D eigenvalue weighted by molar-refractivity contribution is -0.161. The maximum atomic E-state index is 12.2. The van der Waals surface area contributed by atoms with Gasteiger partial charge in [-0.2, -0.15) is 0 Å². The molecule has 0 fully saturated rings. The molecule has 0 aliphatic heterocycles. The van der Waals surface area contributed by atoms with Crippen molar-refractivity contribution in [3.05, 3.63) is 0 Å². The van der Waals surface area contributed by atoms with Gasteiger partial charge in [0.2, 0.25) is 0 Å². The number of rotatable bonds is 42. The lowest BCUT2D eigenvalue weighted by Gasteiger charge is -2.15. The normalized spacial score (nSPS) is 12.1. The number of unbranched alkanes of at least 4 members (excludes halogenated alkanes) is 32. The number of esters is 2. The van der Waals surface area contributed by atoms with Gasteiger partial charge in [0.25, 0.3) is 0 Å². The lowest BCUT2D eigenvalue weighted by atomic mass is 10.0. The summed E-state index contributed by atoms with van der Waals surface area (Å²) in [6, 6.07) is 0. The molecule has 0 radical (unpaired) electrons. The summed E-state index contributed by atoms with van der Waals surface area (Å²) in [5, 5.41) is 9.59. The molecule has 0 aliphatic rings. The summed E-state index contributed by atoms with van der Waals surface area (Å²) in [5.41, 5.74) is 0. The van der Waals surface area contributed by atoms with E-state index in [4.69, 9.17) is 9.47 Å². The zero-order valence-corrected chi connectivity index (χ0v) is 34.8. The zero-order valence-electron chi connectivity index (χ0n) is 34.8. The fourth-order valence-electron chi connectivity index (χ4n) is 7.09. The summed E-state index contributed by atoms with van der Waals surface area (Å²) in [6.45, 7) is 6.54. The number of carbonyl (C=O) groups is 2. The van der Waals surface area contributed by atoms with Crippen molar-refractivity contribution in [2.75, 3.05) is 13.2 Å². The molecular formula is C46H90O5. The van der Waals surface area contributed by atoms with Gasteiger partial charge < -0.3 is 14.6 Å². The number of aliphatic hydroxyl groups is 1. The van der Waals surface area contributed by atoms with Gasteiger partial charge in [-0.05, 0) is 18.8 Å². The van der Waals surface area contributed by atoms with Gasteiger partial charge in [0.1, 0.15) is 6.61 Å². The molecule has 0 aliphatic carbocycles. The van der Waals surface area contributed by atoms with Crippen molar-refractivity contribution in [1.82, 2.24) is 0 Å². The molecule has 0 unspecified atom stereocenters. The summed E-state index contributed by atoms with van der Waals surface area (Å²) in [4.78, 5) is 24.4. The first-order chi connectivity index (χ1) is 25.0. The van der Waals surface area contributed by atoms with Gasteiger partial charge in [0, 0.05) is 12.8 Å². The average molecular weight is 723 g/mol. The molecule has 0 aromatic heterocycles. The van der Waals surface area contributed by atoms with E-state index in [1.807, 2.05) is 0 Å². The molecule has 304 valence electrons. The summed E-state index contributed by atoms with van der Waals surface area (Å²) in [6.07, 6.45) is 46.1. The average Bonchev–Trinajstić information content (AvgIpc) is 3.12. The van der Waals surface area contributed by atoms with Crippen molar-refractivity contribution in [3.63, 3.8) is 0 Å². The fraction of sp³-hybridized carbons (Fsp3) is 0.957. The first-order valence-corrected chi connectivity index (χ1v) is 23.0. The van der Waals surface area contributed by atoms with Crippen molar-refractivity contribution in [3.8, 4) is 0 Å². The third kappa shape index (κ3) is 41.5. The second-order valence-electron chi connectivity index (χ2n) is 16.3. The molecule has 0 heterocycles. The van der Waals surface area contributed by atoms with Crippen LogP contribution < -0.4 is 0 Å². The van der Waals surface area contributed by atoms with Crippen molar-refractivity contribution in [2.24, 2.45) is 5.92 Å². The number of ether oxygens (including phenoxy) is 2. The Balaban J connectivity index is 3.45. The molecule has 0 rings (SSSR count). The van der Waals surface area contributed by atoms with Crippen molar-refractivity contribution in [1.29, 1.82) is 0 Å². The van der Waals surface area contributed by atoms with E-state index in [1.165, 1.54) is 193 Å². The van der Waals surface area contributed by atoms with Crippen molar-refractivity contribution < 1.29 is 24.2 Å². The smallest absolute Gasteiger partial charge is 0.306 e. The second-order valence-corrected chi connectivity index (χ2v) is 16.3. The highest BCUT2D eigenvalue weighted by molar-refractivity contribution is 5.70. The Labute approximate surface area is 319 Å². The Kier molecular flexibility index (Phi) is 40.8. The van der Waals surface area contributed by atoms with Crippen LogP contribution in [0.25, 0.3) is 0 Å². The molecule has 0 saturated heterocycles. The summed E-state index contributed by atoms with van der Waals surface area (Å²) in [5.74, 6) is 0.284. The van der Waals surface area contributed by atoms with E-state index in [9.17, 15) is 14.7 Å². The van der Waals surface area contributed by atoms with Gasteiger partial charge in [-0.3, -0.25) is 9.59 Å². The van der Waals surface area contributed by atoms with Crippen LogP contribution in [0.5, 0.6) is 0 Å². The van der Waals surface area contributed by atoms with Crippen LogP contribution >= 0.6 is 0 Å². The third-order valence-electron chi connectivity index (χ3n) is 10.6. The molecule has 5 nitrogen and oxygen atoms in total. The second kappa shape index (κ2) is 41.7. The van der Waals surface area contributed by atoms with E-state index in [0.29, 0.717) is 12.8 Å². The fourth-order valence-corrected chi connectivity index (χ4v) is 7.09. The van der Waals surface area contributed by atoms with Gasteiger partial charge in [0.15, 0.2) is 6.10 Å². The quantitative estimate of drug-likeness (QED) is 0.0501. The van der Waals surface area contributed by atoms with Crippen LogP contribution in [0.4, 0.5) is 0 Å². The monoisotopic (exact) mass is 723 g/mol. The number of carbonyl (C=O) groups excluding carboxylic acids is 2. The number of hydrogen-bond donors (Lipinski definition) is 1. The van der Waals surface area contributed by atoms with Crippen LogP contribution in [0.15, 0.2) is 0 Å². The molecular weight excluding hydrogens is 633 g/mol. The first-order valence-electron chi connectivity index (χ1n) is 23.0. The largest absolute Gasteiger partial charge is 0.462 e. The third-order valence-corrected chi connectivity index (χ3v) is 10.6. The maximum Gasteiger partial charge on any atom is 0.306 e. The highest BCUT2D eigenvalue weighted by Crippen LogP contribution is 2.17. The summed E-state index contributed by atoms with van der Waals surface area (Å²) < 4.78 is 10.7. The van der Waals surface area contributed by atoms with Crippen LogP contribution in [-0.4, -0.2) is 36.4 Å². The van der Waals surface area contributed by atoms with E-state index in [2.05, 4.69) is 20.8 Å². The van der Waals surface area contributed by atoms with Crippen molar-refractivity contribution in [2.45, 2.75) is 264 Å². The predicted molar refractivity (Wildman–Crippen MR) is 219 cm³/mol. The van der Waals surface area contributed by atoms with Gasteiger partial charge in [-0.1, -0.05) is 233 Å². The minimum atomic E-state index is -0.763. The van der Waals surface area contributed by atoms with Crippen LogP contribution in [0, 0.1) is 5.92 Å². The Morgan fingerprint density at radius 1 is 0.431 bits per heavy atom. The Morgan fingerprint density at radius 2 is 0.725 bits per heavy atom. The van der Waals surface area contributed by atoms with E-state index in [-0.39, 0.29) is 25.2 Å². The van der Waals surface area contributed by atoms with Gasteiger partial charge >= 0.3 is 11.9 Å². The van der Waals surface area contributed by atoms with Crippen LogP contribution in [0.2, 0.25) is 0 Å². The van der Waals surface area contributed by atoms with E-state index >= 15 is 0 Å². The molecule has 0 saturated carbocycles. The first kappa shape index (κ1) is 49.9. The van der Waals surface area contributed by atoms with Crippen LogP contribution in [0.1, 0.15) is 258 Å². The Morgan fingerprint density at radius 3 is 1.04 bits per heavy atom. The van der Waals surface area contributed by atoms with E-state index in [1.54, 1.807) is 0 Å². The van der Waals surface area contributed by atoms with E-state index < -0.39 is 6.10 Å². The Bertz CT molecular complexity index is 708. The van der Waals surface area contributed by atoms with E-state index in [0.717, 1.165) is 38.0 Å². The minimum absolute atomic E-state index is 0.0569. The minimum Gasteiger partial charge on any atom is -0.462 e. The maximum absolute atomic E-state index is 12.2. The molecule has 0 amide bonds. The SMILES string of the molecule is CCCCCCCCCCCCCCCCCCCCCC(=O)OC[C@H](CO)OC(=O)CCCCCCCCCCCCCCCCCC(C)C. The molecule has 51 heavy (non-hydrogen) atoms. The van der Waals surface area contributed by atoms with Gasteiger partial charge in [-0.15, -0.1) is 0 Å². The lowest BCUT2D eigenvalue weighted by Crippen LogP contribution is -2.28. The highest BCUT2D eigenvalue weighted by Gasteiger charge is 2.16.